The number of halogens is 3. The number of fused-ring (bicyclic) bond motifs is 2. The zero-order valence-corrected chi connectivity index (χ0v) is 16.8. The van der Waals surface area contributed by atoms with Crippen LogP contribution in [-0.2, 0) is 10.2 Å². The molecule has 1 amide bonds. The van der Waals surface area contributed by atoms with Gasteiger partial charge in [-0.3, -0.25) is 4.79 Å². The highest BCUT2D eigenvalue weighted by Gasteiger charge is 2.52. The van der Waals surface area contributed by atoms with Crippen LogP contribution >= 0.6 is 0 Å². The van der Waals surface area contributed by atoms with Crippen LogP contribution in [0.5, 0.6) is 0 Å². The average Bonchev–Trinajstić information content (AvgIpc) is 3.03. The van der Waals surface area contributed by atoms with Gasteiger partial charge in [-0.15, -0.1) is 0 Å². The summed E-state index contributed by atoms with van der Waals surface area (Å²) >= 11 is 0. The highest BCUT2D eigenvalue weighted by molar-refractivity contribution is 5.99. The van der Waals surface area contributed by atoms with Crippen molar-refractivity contribution < 1.29 is 18.0 Å². The Morgan fingerprint density at radius 2 is 1.97 bits per heavy atom. The highest BCUT2D eigenvalue weighted by Crippen LogP contribution is 2.51. The number of benzene rings is 1. The number of para-hydroxylation sites is 1. The Balaban J connectivity index is 1.46. The SMILES string of the molecule is Cc1ccnc(NCC2CCC3(CC2)CN(C(=O)C(F)(F)F)c2ccccc23)c1N. The van der Waals surface area contributed by atoms with Crippen LogP contribution in [0.15, 0.2) is 36.5 Å². The van der Waals surface area contributed by atoms with E-state index in [1.54, 1.807) is 18.3 Å². The fourth-order valence-corrected chi connectivity index (χ4v) is 4.78. The van der Waals surface area contributed by atoms with Crippen LogP contribution in [0.3, 0.4) is 0 Å². The van der Waals surface area contributed by atoms with Crippen molar-refractivity contribution in [3.63, 3.8) is 0 Å². The van der Waals surface area contributed by atoms with Gasteiger partial charge in [0, 0.05) is 30.4 Å². The van der Waals surface area contributed by atoms with E-state index in [0.29, 0.717) is 29.7 Å². The van der Waals surface area contributed by atoms with Gasteiger partial charge in [0.15, 0.2) is 0 Å². The Bertz CT molecular complexity index is 952. The Hall–Kier alpha value is -2.77. The number of aromatic nitrogens is 1. The summed E-state index contributed by atoms with van der Waals surface area (Å²) < 4.78 is 39.4. The second-order valence-electron chi connectivity index (χ2n) is 8.40. The zero-order chi connectivity index (χ0) is 21.5. The number of alkyl halides is 3. The number of carbonyl (C=O) groups excluding carboxylic acids is 1. The van der Waals surface area contributed by atoms with Crippen LogP contribution in [0, 0.1) is 12.8 Å². The molecular formula is C22H25F3N4O. The number of hydrogen-bond acceptors (Lipinski definition) is 4. The number of anilines is 3. The number of nitrogens with zero attached hydrogens (tertiary/aromatic N) is 2. The third-order valence-corrected chi connectivity index (χ3v) is 6.54. The smallest absolute Gasteiger partial charge is 0.396 e. The Morgan fingerprint density at radius 1 is 1.27 bits per heavy atom. The predicted octanol–water partition coefficient (Wildman–Crippen LogP) is 4.42. The lowest BCUT2D eigenvalue weighted by molar-refractivity contribution is -0.170. The summed E-state index contributed by atoms with van der Waals surface area (Å²) in [7, 11) is 0. The maximum Gasteiger partial charge on any atom is 0.471 e. The predicted molar refractivity (Wildman–Crippen MR) is 110 cm³/mol. The van der Waals surface area contributed by atoms with Crippen LogP contribution in [0.25, 0.3) is 0 Å². The van der Waals surface area contributed by atoms with E-state index < -0.39 is 17.5 Å². The third kappa shape index (κ3) is 3.59. The van der Waals surface area contributed by atoms with E-state index in [1.807, 2.05) is 25.1 Å². The number of nitrogens with one attached hydrogen (secondary N) is 1. The summed E-state index contributed by atoms with van der Waals surface area (Å²) in [5.74, 6) is -0.739. The number of hydrogen-bond donors (Lipinski definition) is 2. The number of amides is 1. The zero-order valence-electron chi connectivity index (χ0n) is 16.8. The van der Waals surface area contributed by atoms with Gasteiger partial charge in [0.25, 0.3) is 0 Å². The molecule has 1 aliphatic heterocycles. The molecule has 3 N–H and O–H groups in total. The minimum absolute atomic E-state index is 0.0945. The van der Waals surface area contributed by atoms with E-state index in [0.717, 1.165) is 41.7 Å². The molecule has 0 radical (unpaired) electrons. The van der Waals surface area contributed by atoms with E-state index in [1.165, 1.54) is 0 Å². The average molecular weight is 418 g/mol. The van der Waals surface area contributed by atoms with Gasteiger partial charge in [0.1, 0.15) is 5.82 Å². The second kappa shape index (κ2) is 7.49. The molecule has 1 aliphatic carbocycles. The molecule has 1 aromatic carbocycles. The molecule has 2 aliphatic rings. The lowest BCUT2D eigenvalue weighted by Gasteiger charge is -2.38. The summed E-state index contributed by atoms with van der Waals surface area (Å²) in [6.07, 6.45) is 0.0533. The van der Waals surface area contributed by atoms with Gasteiger partial charge >= 0.3 is 12.1 Å². The van der Waals surface area contributed by atoms with E-state index in [9.17, 15) is 18.0 Å². The maximum atomic E-state index is 13.1. The number of aryl methyl sites for hydroxylation is 1. The lowest BCUT2D eigenvalue weighted by Crippen LogP contribution is -2.45. The Labute approximate surface area is 173 Å². The minimum Gasteiger partial charge on any atom is -0.396 e. The first-order valence-electron chi connectivity index (χ1n) is 10.1. The molecule has 0 unspecified atom stereocenters. The van der Waals surface area contributed by atoms with Gasteiger partial charge in [-0.1, -0.05) is 18.2 Å². The van der Waals surface area contributed by atoms with E-state index in [-0.39, 0.29) is 6.54 Å². The highest BCUT2D eigenvalue weighted by atomic mass is 19.4. The largest absolute Gasteiger partial charge is 0.471 e. The van der Waals surface area contributed by atoms with Crippen molar-refractivity contribution in [2.45, 2.75) is 44.2 Å². The van der Waals surface area contributed by atoms with Gasteiger partial charge in [0.05, 0.1) is 5.69 Å². The number of nitrogens with two attached hydrogens (primary N) is 1. The van der Waals surface area contributed by atoms with E-state index in [2.05, 4.69) is 10.3 Å². The molecule has 0 saturated heterocycles. The molecule has 8 heteroatoms. The first-order valence-corrected chi connectivity index (χ1v) is 10.1. The molecule has 160 valence electrons. The molecule has 4 rings (SSSR count). The monoisotopic (exact) mass is 418 g/mol. The Kier molecular flexibility index (Phi) is 5.11. The number of pyridine rings is 1. The summed E-state index contributed by atoms with van der Waals surface area (Å²) in [6.45, 7) is 2.74. The molecule has 1 aromatic heterocycles. The van der Waals surface area contributed by atoms with Gasteiger partial charge in [-0.2, -0.15) is 13.2 Å². The molecule has 5 nitrogen and oxygen atoms in total. The van der Waals surface area contributed by atoms with Crippen molar-refractivity contribution in [1.82, 2.24) is 4.98 Å². The second-order valence-corrected chi connectivity index (χ2v) is 8.40. The minimum atomic E-state index is -4.87. The number of carbonyl (C=O) groups is 1. The van der Waals surface area contributed by atoms with Crippen molar-refractivity contribution >= 4 is 23.1 Å². The van der Waals surface area contributed by atoms with Crippen LogP contribution in [0.1, 0.15) is 36.8 Å². The standard InChI is InChI=1S/C22H25F3N4O/c1-14-8-11-27-19(18(14)26)28-12-15-6-9-21(10-7-15)13-29(20(30)22(23,24)25)17-5-3-2-4-16(17)21/h2-5,8,11,15H,6-7,9-10,12-13,26H2,1H3,(H,27,28). The molecule has 2 aromatic rings. The first-order chi connectivity index (χ1) is 14.2. The lowest BCUT2D eigenvalue weighted by atomic mass is 9.67. The van der Waals surface area contributed by atoms with Crippen molar-refractivity contribution in [2.75, 3.05) is 29.0 Å². The number of nitrogen functional groups attached to an aromatic ring is 1. The fraction of sp³-hybridized carbons (Fsp3) is 0.455. The van der Waals surface area contributed by atoms with Crippen molar-refractivity contribution in [1.29, 1.82) is 0 Å². The van der Waals surface area contributed by atoms with Gasteiger partial charge in [-0.05, 0) is 61.8 Å². The summed E-state index contributed by atoms with van der Waals surface area (Å²) in [4.78, 5) is 17.2. The van der Waals surface area contributed by atoms with E-state index >= 15 is 0 Å². The first kappa shape index (κ1) is 20.5. The molecule has 1 spiro atoms. The summed E-state index contributed by atoms with van der Waals surface area (Å²) in [6, 6.07) is 8.87. The normalized spacial score (nSPS) is 23.5. The van der Waals surface area contributed by atoms with Crippen molar-refractivity contribution in [3.05, 3.63) is 47.7 Å². The van der Waals surface area contributed by atoms with Crippen molar-refractivity contribution in [2.24, 2.45) is 5.92 Å². The van der Waals surface area contributed by atoms with Crippen LogP contribution in [0.4, 0.5) is 30.4 Å². The van der Waals surface area contributed by atoms with Crippen LogP contribution < -0.4 is 16.0 Å². The van der Waals surface area contributed by atoms with Gasteiger partial charge < -0.3 is 16.0 Å². The maximum absolute atomic E-state index is 13.1. The van der Waals surface area contributed by atoms with E-state index in [4.69, 9.17) is 5.73 Å². The molecule has 0 atom stereocenters. The quantitative estimate of drug-likeness (QED) is 0.774. The fourth-order valence-electron chi connectivity index (χ4n) is 4.78. The molecule has 2 heterocycles. The third-order valence-electron chi connectivity index (χ3n) is 6.54. The summed E-state index contributed by atoms with van der Waals surface area (Å²) in [5, 5.41) is 3.32. The van der Waals surface area contributed by atoms with Gasteiger partial charge in [0.2, 0.25) is 0 Å². The molecule has 30 heavy (non-hydrogen) atoms. The van der Waals surface area contributed by atoms with Crippen molar-refractivity contribution in [3.8, 4) is 0 Å². The van der Waals surface area contributed by atoms with Gasteiger partial charge in [-0.25, -0.2) is 4.98 Å². The molecule has 1 fully saturated rings. The topological polar surface area (TPSA) is 71.2 Å². The number of rotatable bonds is 3. The van der Waals surface area contributed by atoms with Crippen LogP contribution in [0.2, 0.25) is 0 Å². The summed E-state index contributed by atoms with van der Waals surface area (Å²) in [5.41, 5.74) is 8.52. The molecular weight excluding hydrogens is 393 g/mol. The molecule has 1 saturated carbocycles. The van der Waals surface area contributed by atoms with Crippen LogP contribution in [-0.4, -0.2) is 30.2 Å². The molecule has 0 bridgehead atoms. The Morgan fingerprint density at radius 3 is 2.67 bits per heavy atom.